The summed E-state index contributed by atoms with van der Waals surface area (Å²) in [6, 6.07) is 0. The van der Waals surface area contributed by atoms with Crippen LogP contribution in [0.3, 0.4) is 0 Å². The van der Waals surface area contributed by atoms with Crippen LogP contribution in [0.2, 0.25) is 0 Å². The van der Waals surface area contributed by atoms with Crippen LogP contribution in [0.15, 0.2) is 0 Å². The van der Waals surface area contributed by atoms with Gasteiger partial charge in [-0.05, 0) is 44.1 Å². The van der Waals surface area contributed by atoms with Crippen molar-refractivity contribution in [3.63, 3.8) is 0 Å². The molecule has 1 heterocycles. The highest BCUT2D eigenvalue weighted by atomic mass is 35.5. The van der Waals surface area contributed by atoms with Crippen molar-refractivity contribution in [2.75, 3.05) is 13.2 Å². The molecular weight excluding hydrogens is 174 g/mol. The number of nitrogens with two attached hydrogens (primary N) is 1. The Hall–Kier alpha value is 0.210. The van der Waals surface area contributed by atoms with Gasteiger partial charge in [0.15, 0.2) is 0 Å². The maximum absolute atomic E-state index is 5.61. The van der Waals surface area contributed by atoms with Crippen molar-refractivity contribution in [1.29, 1.82) is 0 Å². The number of ether oxygens (including phenoxy) is 1. The van der Waals surface area contributed by atoms with Crippen molar-refractivity contribution < 1.29 is 4.74 Å². The van der Waals surface area contributed by atoms with Crippen LogP contribution < -0.4 is 5.73 Å². The summed E-state index contributed by atoms with van der Waals surface area (Å²) in [5.41, 5.74) is 6.21. The van der Waals surface area contributed by atoms with E-state index in [1.54, 1.807) is 0 Å². The third-order valence-electron chi connectivity index (χ3n) is 3.09. The fourth-order valence-electron chi connectivity index (χ4n) is 2.09. The standard InChI is InChI=1S/C9H17NO.ClH/c10-5-1-8-7-9(2-3-9)4-6-11-8;/h8H,1-7,10H2;1H. The molecule has 1 aliphatic carbocycles. The predicted octanol–water partition coefficient (Wildman–Crippen LogP) is 1.72. The topological polar surface area (TPSA) is 35.2 Å². The van der Waals surface area contributed by atoms with Gasteiger partial charge >= 0.3 is 0 Å². The molecule has 1 aliphatic heterocycles. The Balaban J connectivity index is 0.000000720. The zero-order chi connectivity index (χ0) is 7.73. The van der Waals surface area contributed by atoms with Crippen LogP contribution in [0.1, 0.15) is 32.1 Å². The Labute approximate surface area is 80.3 Å². The Morgan fingerprint density at radius 3 is 2.67 bits per heavy atom. The van der Waals surface area contributed by atoms with E-state index in [0.29, 0.717) is 6.10 Å². The van der Waals surface area contributed by atoms with Gasteiger partial charge in [0.05, 0.1) is 6.10 Å². The average molecular weight is 192 g/mol. The third kappa shape index (κ3) is 2.12. The number of hydrogen-bond donors (Lipinski definition) is 1. The van der Waals surface area contributed by atoms with Crippen LogP contribution in [0, 0.1) is 5.41 Å². The summed E-state index contributed by atoms with van der Waals surface area (Å²) < 4.78 is 5.61. The zero-order valence-corrected chi connectivity index (χ0v) is 8.24. The lowest BCUT2D eigenvalue weighted by Crippen LogP contribution is -2.28. The van der Waals surface area contributed by atoms with Gasteiger partial charge in [0.25, 0.3) is 0 Å². The Morgan fingerprint density at radius 1 is 1.33 bits per heavy atom. The quantitative estimate of drug-likeness (QED) is 0.722. The van der Waals surface area contributed by atoms with E-state index in [4.69, 9.17) is 10.5 Å². The molecule has 72 valence electrons. The van der Waals surface area contributed by atoms with Gasteiger partial charge in [-0.25, -0.2) is 0 Å². The monoisotopic (exact) mass is 191 g/mol. The summed E-state index contributed by atoms with van der Waals surface area (Å²) in [6.07, 6.45) is 7.01. The fraction of sp³-hybridized carbons (Fsp3) is 1.00. The Morgan fingerprint density at radius 2 is 2.08 bits per heavy atom. The summed E-state index contributed by atoms with van der Waals surface area (Å²) >= 11 is 0. The minimum Gasteiger partial charge on any atom is -0.378 e. The van der Waals surface area contributed by atoms with Crippen LogP contribution in [-0.4, -0.2) is 19.3 Å². The third-order valence-corrected chi connectivity index (χ3v) is 3.09. The normalized spacial score (nSPS) is 31.2. The molecule has 2 nitrogen and oxygen atoms in total. The van der Waals surface area contributed by atoms with Gasteiger partial charge in [-0.3, -0.25) is 0 Å². The molecule has 12 heavy (non-hydrogen) atoms. The summed E-state index contributed by atoms with van der Waals surface area (Å²) in [4.78, 5) is 0. The molecule has 3 heteroatoms. The first-order chi connectivity index (χ1) is 5.35. The van der Waals surface area contributed by atoms with Gasteiger partial charge in [0, 0.05) is 6.61 Å². The Kier molecular flexibility index (Phi) is 3.38. The smallest absolute Gasteiger partial charge is 0.0592 e. The van der Waals surface area contributed by atoms with Gasteiger partial charge in [0.2, 0.25) is 0 Å². The molecule has 0 aromatic rings. The van der Waals surface area contributed by atoms with Crippen molar-refractivity contribution >= 4 is 12.4 Å². The van der Waals surface area contributed by atoms with Crippen molar-refractivity contribution in [2.45, 2.75) is 38.2 Å². The summed E-state index contributed by atoms with van der Waals surface area (Å²) in [5, 5.41) is 0. The Bertz CT molecular complexity index is 145. The molecule has 1 saturated heterocycles. The fourth-order valence-corrected chi connectivity index (χ4v) is 2.09. The first-order valence-corrected chi connectivity index (χ1v) is 4.66. The zero-order valence-electron chi connectivity index (χ0n) is 7.42. The molecule has 1 saturated carbocycles. The molecule has 2 rings (SSSR count). The first-order valence-electron chi connectivity index (χ1n) is 4.66. The molecule has 0 radical (unpaired) electrons. The van der Waals surface area contributed by atoms with E-state index in [0.717, 1.165) is 25.0 Å². The van der Waals surface area contributed by atoms with Crippen LogP contribution in [-0.2, 0) is 4.74 Å². The summed E-state index contributed by atoms with van der Waals surface area (Å²) in [5.74, 6) is 0. The summed E-state index contributed by atoms with van der Waals surface area (Å²) in [6.45, 7) is 1.76. The van der Waals surface area contributed by atoms with E-state index in [1.165, 1.54) is 25.7 Å². The predicted molar refractivity (Wildman–Crippen MR) is 51.6 cm³/mol. The van der Waals surface area contributed by atoms with E-state index in [-0.39, 0.29) is 12.4 Å². The van der Waals surface area contributed by atoms with E-state index in [2.05, 4.69) is 0 Å². The van der Waals surface area contributed by atoms with Crippen molar-refractivity contribution in [3.05, 3.63) is 0 Å². The summed E-state index contributed by atoms with van der Waals surface area (Å²) in [7, 11) is 0. The number of halogens is 1. The van der Waals surface area contributed by atoms with Gasteiger partial charge in [-0.15, -0.1) is 12.4 Å². The molecule has 1 atom stereocenters. The van der Waals surface area contributed by atoms with Crippen LogP contribution >= 0.6 is 12.4 Å². The SMILES string of the molecule is Cl.NCCC1CC2(CCO1)CC2. The largest absolute Gasteiger partial charge is 0.378 e. The van der Waals surface area contributed by atoms with Gasteiger partial charge < -0.3 is 10.5 Å². The number of rotatable bonds is 2. The molecule has 1 spiro atoms. The van der Waals surface area contributed by atoms with Crippen LogP contribution in [0.25, 0.3) is 0 Å². The lowest BCUT2D eigenvalue weighted by atomic mass is 9.91. The van der Waals surface area contributed by atoms with Crippen LogP contribution in [0.5, 0.6) is 0 Å². The highest BCUT2D eigenvalue weighted by Crippen LogP contribution is 2.54. The average Bonchev–Trinajstić information content (AvgIpc) is 2.70. The highest BCUT2D eigenvalue weighted by molar-refractivity contribution is 5.85. The maximum Gasteiger partial charge on any atom is 0.0592 e. The lowest BCUT2D eigenvalue weighted by Gasteiger charge is -2.29. The lowest BCUT2D eigenvalue weighted by molar-refractivity contribution is -0.0188. The second kappa shape index (κ2) is 3.95. The van der Waals surface area contributed by atoms with Gasteiger partial charge in [-0.1, -0.05) is 0 Å². The second-order valence-corrected chi connectivity index (χ2v) is 4.02. The highest BCUT2D eigenvalue weighted by Gasteiger charge is 2.45. The molecule has 0 aromatic heterocycles. The van der Waals surface area contributed by atoms with E-state index >= 15 is 0 Å². The van der Waals surface area contributed by atoms with Crippen molar-refractivity contribution in [2.24, 2.45) is 11.1 Å². The van der Waals surface area contributed by atoms with E-state index in [9.17, 15) is 0 Å². The maximum atomic E-state index is 5.61. The molecule has 0 bridgehead atoms. The van der Waals surface area contributed by atoms with Crippen molar-refractivity contribution in [1.82, 2.24) is 0 Å². The first kappa shape index (κ1) is 10.3. The molecule has 0 amide bonds. The molecule has 2 N–H and O–H groups in total. The second-order valence-electron chi connectivity index (χ2n) is 4.02. The molecule has 2 fully saturated rings. The molecule has 0 aromatic carbocycles. The van der Waals surface area contributed by atoms with E-state index < -0.39 is 0 Å². The molecule has 2 aliphatic rings. The molecular formula is C9H18ClNO. The van der Waals surface area contributed by atoms with Crippen LogP contribution in [0.4, 0.5) is 0 Å². The van der Waals surface area contributed by atoms with Crippen molar-refractivity contribution in [3.8, 4) is 0 Å². The van der Waals surface area contributed by atoms with Gasteiger partial charge in [0.1, 0.15) is 0 Å². The van der Waals surface area contributed by atoms with Gasteiger partial charge in [-0.2, -0.15) is 0 Å². The number of hydrogen-bond acceptors (Lipinski definition) is 2. The van der Waals surface area contributed by atoms with E-state index in [1.807, 2.05) is 0 Å². The minimum atomic E-state index is 0. The minimum absolute atomic E-state index is 0. The molecule has 1 unspecified atom stereocenters.